The Morgan fingerprint density at radius 1 is 1.12 bits per heavy atom. The average Bonchev–Trinajstić information content (AvgIpc) is 2.82. The molecule has 1 rings (SSSR count). The number of rotatable bonds is 6. The second-order valence-electron chi connectivity index (χ2n) is 3.47. The number of ether oxygens (including phenoxy) is 2. The van der Waals surface area contributed by atoms with Crippen molar-refractivity contribution in [2.24, 2.45) is 0 Å². The molecule has 0 saturated carbocycles. The molecule has 0 spiro atoms. The molecule has 94 valence electrons. The first-order chi connectivity index (χ1) is 8.19. The van der Waals surface area contributed by atoms with Crippen molar-refractivity contribution in [2.75, 3.05) is 13.2 Å². The van der Waals surface area contributed by atoms with Crippen molar-refractivity contribution >= 4 is 11.9 Å². The van der Waals surface area contributed by atoms with E-state index in [4.69, 9.17) is 13.9 Å². The summed E-state index contributed by atoms with van der Waals surface area (Å²) in [6, 6.07) is 1.33. The topological polar surface area (TPSA) is 65.7 Å². The molecule has 0 atom stereocenters. The van der Waals surface area contributed by atoms with Crippen LogP contribution >= 0.6 is 0 Å². The normalized spacial score (nSPS) is 10.0. The van der Waals surface area contributed by atoms with Gasteiger partial charge in [0.05, 0.1) is 18.8 Å². The molecule has 5 nitrogen and oxygen atoms in total. The van der Waals surface area contributed by atoms with E-state index in [1.54, 1.807) is 0 Å². The first-order valence-electron chi connectivity index (χ1n) is 5.61. The fourth-order valence-electron chi connectivity index (χ4n) is 1.09. The quantitative estimate of drug-likeness (QED) is 0.714. The highest BCUT2D eigenvalue weighted by Crippen LogP contribution is 2.11. The van der Waals surface area contributed by atoms with Crippen molar-refractivity contribution in [1.82, 2.24) is 0 Å². The van der Waals surface area contributed by atoms with E-state index in [0.717, 1.165) is 12.8 Å². The lowest BCUT2D eigenvalue weighted by atomic mass is 10.3. The van der Waals surface area contributed by atoms with E-state index >= 15 is 0 Å². The molecule has 0 aliphatic rings. The Balaban J connectivity index is 2.58. The minimum Gasteiger partial charge on any atom is -0.462 e. The molecular formula is C12H16O5. The first-order valence-corrected chi connectivity index (χ1v) is 5.61. The molecule has 1 heterocycles. The standard InChI is InChI=1S/C12H16O5/c1-3-5-15-11(13)9-7-10(17-8-9)12(14)16-6-4-2/h7-8H,3-6H2,1-2H3. The zero-order valence-electron chi connectivity index (χ0n) is 10.0. The van der Waals surface area contributed by atoms with Crippen molar-refractivity contribution in [3.8, 4) is 0 Å². The molecule has 0 aromatic carbocycles. The minimum absolute atomic E-state index is 0.0156. The van der Waals surface area contributed by atoms with Crippen molar-refractivity contribution < 1.29 is 23.5 Å². The number of carbonyl (C=O) groups is 2. The van der Waals surface area contributed by atoms with Gasteiger partial charge in [0.1, 0.15) is 6.26 Å². The molecule has 17 heavy (non-hydrogen) atoms. The molecular weight excluding hydrogens is 224 g/mol. The lowest BCUT2D eigenvalue weighted by Gasteiger charge is -1.99. The third kappa shape index (κ3) is 3.94. The molecule has 0 amide bonds. The Hall–Kier alpha value is -1.78. The van der Waals surface area contributed by atoms with E-state index in [1.165, 1.54) is 12.3 Å². The molecule has 1 aromatic rings. The summed E-state index contributed by atoms with van der Waals surface area (Å²) >= 11 is 0. The van der Waals surface area contributed by atoms with Crippen LogP contribution in [0.15, 0.2) is 16.7 Å². The maximum absolute atomic E-state index is 11.4. The maximum Gasteiger partial charge on any atom is 0.374 e. The molecule has 0 unspecified atom stereocenters. The zero-order chi connectivity index (χ0) is 12.7. The monoisotopic (exact) mass is 240 g/mol. The zero-order valence-corrected chi connectivity index (χ0v) is 10.0. The van der Waals surface area contributed by atoms with Gasteiger partial charge >= 0.3 is 11.9 Å². The Morgan fingerprint density at radius 2 is 1.71 bits per heavy atom. The van der Waals surface area contributed by atoms with E-state index in [1.807, 2.05) is 13.8 Å². The van der Waals surface area contributed by atoms with Gasteiger partial charge in [0, 0.05) is 6.07 Å². The molecule has 0 saturated heterocycles. The molecule has 1 aromatic heterocycles. The van der Waals surface area contributed by atoms with Gasteiger partial charge in [-0.15, -0.1) is 0 Å². The number of hydrogen-bond donors (Lipinski definition) is 0. The van der Waals surface area contributed by atoms with Gasteiger partial charge in [-0.1, -0.05) is 13.8 Å². The van der Waals surface area contributed by atoms with Gasteiger partial charge in [-0.2, -0.15) is 0 Å². The number of carbonyl (C=O) groups excluding carboxylic acids is 2. The molecule has 0 radical (unpaired) electrons. The Morgan fingerprint density at radius 3 is 2.29 bits per heavy atom. The van der Waals surface area contributed by atoms with Crippen LogP contribution in [0, 0.1) is 0 Å². The molecule has 0 bridgehead atoms. The van der Waals surface area contributed by atoms with Crippen LogP contribution in [0.25, 0.3) is 0 Å². The maximum atomic E-state index is 11.4. The van der Waals surface area contributed by atoms with E-state index in [-0.39, 0.29) is 11.3 Å². The van der Waals surface area contributed by atoms with Gasteiger partial charge in [-0.25, -0.2) is 9.59 Å². The molecule has 0 N–H and O–H groups in total. The van der Waals surface area contributed by atoms with Gasteiger partial charge in [0.25, 0.3) is 0 Å². The summed E-state index contributed by atoms with van der Waals surface area (Å²) in [5.74, 6) is -1.05. The highest BCUT2D eigenvalue weighted by Gasteiger charge is 2.16. The second-order valence-corrected chi connectivity index (χ2v) is 3.47. The third-order valence-electron chi connectivity index (χ3n) is 1.91. The fraction of sp³-hybridized carbons (Fsp3) is 0.500. The summed E-state index contributed by atoms with van der Waals surface area (Å²) in [5, 5.41) is 0. The first kappa shape index (κ1) is 13.3. The second kappa shape index (κ2) is 6.73. The summed E-state index contributed by atoms with van der Waals surface area (Å²) in [6.07, 6.45) is 2.67. The van der Waals surface area contributed by atoms with E-state index < -0.39 is 11.9 Å². The predicted octanol–water partition coefficient (Wildman–Crippen LogP) is 2.41. The predicted molar refractivity (Wildman–Crippen MR) is 59.9 cm³/mol. The summed E-state index contributed by atoms with van der Waals surface area (Å²) in [4.78, 5) is 22.8. The molecule has 0 fully saturated rings. The molecule has 5 heteroatoms. The van der Waals surface area contributed by atoms with Gasteiger partial charge in [0.2, 0.25) is 5.76 Å². The van der Waals surface area contributed by atoms with Crippen molar-refractivity contribution in [2.45, 2.75) is 26.7 Å². The summed E-state index contributed by atoms with van der Waals surface area (Å²) in [6.45, 7) is 4.47. The number of esters is 2. The number of hydrogen-bond acceptors (Lipinski definition) is 5. The molecule has 0 aliphatic heterocycles. The number of furan rings is 1. The van der Waals surface area contributed by atoms with Crippen LogP contribution < -0.4 is 0 Å². The summed E-state index contributed by atoms with van der Waals surface area (Å²) in [7, 11) is 0. The van der Waals surface area contributed by atoms with E-state index in [0.29, 0.717) is 13.2 Å². The third-order valence-corrected chi connectivity index (χ3v) is 1.91. The van der Waals surface area contributed by atoms with Crippen molar-refractivity contribution in [1.29, 1.82) is 0 Å². The smallest absolute Gasteiger partial charge is 0.374 e. The SMILES string of the molecule is CCCOC(=O)c1coc(C(=O)OCCC)c1. The van der Waals surface area contributed by atoms with Crippen LogP contribution in [0.2, 0.25) is 0 Å². The lowest BCUT2D eigenvalue weighted by molar-refractivity contribution is 0.0467. The highest BCUT2D eigenvalue weighted by atomic mass is 16.5. The van der Waals surface area contributed by atoms with Crippen LogP contribution in [-0.2, 0) is 9.47 Å². The lowest BCUT2D eigenvalue weighted by Crippen LogP contribution is -2.06. The van der Waals surface area contributed by atoms with Gasteiger partial charge in [-0.05, 0) is 12.8 Å². The van der Waals surface area contributed by atoms with Gasteiger partial charge in [0.15, 0.2) is 0 Å². The van der Waals surface area contributed by atoms with Crippen LogP contribution in [0.5, 0.6) is 0 Å². The van der Waals surface area contributed by atoms with Crippen LogP contribution in [0.3, 0.4) is 0 Å². The summed E-state index contributed by atoms with van der Waals surface area (Å²) in [5.41, 5.74) is 0.224. The van der Waals surface area contributed by atoms with E-state index in [9.17, 15) is 9.59 Å². The van der Waals surface area contributed by atoms with Gasteiger partial charge in [-0.3, -0.25) is 0 Å². The Kier molecular flexibility index (Phi) is 5.26. The Bertz CT molecular complexity index is 346. The van der Waals surface area contributed by atoms with Crippen LogP contribution in [0.1, 0.15) is 47.6 Å². The van der Waals surface area contributed by atoms with Crippen molar-refractivity contribution in [3.63, 3.8) is 0 Å². The largest absolute Gasteiger partial charge is 0.462 e. The minimum atomic E-state index is -0.568. The fourth-order valence-corrected chi connectivity index (χ4v) is 1.09. The molecule has 0 aliphatic carbocycles. The van der Waals surface area contributed by atoms with Crippen LogP contribution in [-0.4, -0.2) is 25.2 Å². The van der Waals surface area contributed by atoms with Crippen LogP contribution in [0.4, 0.5) is 0 Å². The Labute approximate surface area is 99.7 Å². The van der Waals surface area contributed by atoms with E-state index in [2.05, 4.69) is 0 Å². The van der Waals surface area contributed by atoms with Gasteiger partial charge < -0.3 is 13.9 Å². The highest BCUT2D eigenvalue weighted by molar-refractivity contribution is 5.93. The van der Waals surface area contributed by atoms with Crippen molar-refractivity contribution in [3.05, 3.63) is 23.7 Å². The summed E-state index contributed by atoms with van der Waals surface area (Å²) < 4.78 is 14.7. The average molecular weight is 240 g/mol.